The molecule has 2 aromatic carbocycles. The van der Waals surface area contributed by atoms with Crippen molar-refractivity contribution in [3.05, 3.63) is 42.5 Å². The third kappa shape index (κ3) is 4.66. The second-order valence-electron chi connectivity index (χ2n) is 7.61. The van der Waals surface area contributed by atoms with E-state index in [0.717, 1.165) is 12.8 Å². The molecule has 0 bridgehead atoms. The Balaban J connectivity index is 2.22. The van der Waals surface area contributed by atoms with Crippen LogP contribution < -0.4 is 9.64 Å². The summed E-state index contributed by atoms with van der Waals surface area (Å²) < 4.78 is 5.50. The first-order chi connectivity index (χ1) is 15.4. The number of thiol groups is 1. The highest BCUT2D eigenvalue weighted by Gasteiger charge is 2.49. The maximum Gasteiger partial charge on any atom is 0.341 e. The summed E-state index contributed by atoms with van der Waals surface area (Å²) in [6.45, 7) is 3.47. The van der Waals surface area contributed by atoms with E-state index in [0.29, 0.717) is 51.5 Å². The van der Waals surface area contributed by atoms with Gasteiger partial charge in [0.2, 0.25) is 5.91 Å². The number of rotatable bonds is 9. The molecule has 1 radical (unpaired) electrons. The smallest absolute Gasteiger partial charge is 0.341 e. The van der Waals surface area contributed by atoms with Crippen LogP contribution in [0.5, 0.6) is 5.75 Å². The van der Waals surface area contributed by atoms with Gasteiger partial charge in [-0.1, -0.05) is 44.9 Å². The van der Waals surface area contributed by atoms with Crippen LogP contribution in [-0.2, 0) is 14.4 Å². The number of aliphatic carboxylic acids is 1. The highest BCUT2D eigenvalue weighted by Crippen LogP contribution is 2.50. The third-order valence-electron chi connectivity index (χ3n) is 5.67. The second kappa shape index (κ2) is 10.4. The van der Waals surface area contributed by atoms with E-state index in [1.54, 1.807) is 11.0 Å². The molecule has 32 heavy (non-hydrogen) atoms. The van der Waals surface area contributed by atoms with Crippen molar-refractivity contribution in [2.45, 2.75) is 49.3 Å². The SMILES string of the molecule is CCCCC1(CC)C(=O)[SH]c2cc(OCC(=O)O)c(SC)cc2N(c2ccccc2)C1=O. The number of para-hydroxylation sites is 1. The normalized spacial score (nSPS) is 18.3. The molecule has 8 heteroatoms. The van der Waals surface area contributed by atoms with E-state index in [1.165, 1.54) is 11.8 Å². The molecular formula is C24H28NO5S2. The Labute approximate surface area is 196 Å². The largest absolute Gasteiger partial charge is 0.481 e. The van der Waals surface area contributed by atoms with Crippen molar-refractivity contribution in [1.29, 1.82) is 0 Å². The summed E-state index contributed by atoms with van der Waals surface area (Å²) in [7, 11) is 0. The number of anilines is 2. The summed E-state index contributed by atoms with van der Waals surface area (Å²) in [5.74, 6) is -0.884. The van der Waals surface area contributed by atoms with Crippen molar-refractivity contribution < 1.29 is 24.2 Å². The molecule has 6 nitrogen and oxygen atoms in total. The lowest BCUT2D eigenvalue weighted by Crippen LogP contribution is -2.44. The molecule has 0 aliphatic carbocycles. The van der Waals surface area contributed by atoms with Gasteiger partial charge in [0.15, 0.2) is 11.7 Å². The molecule has 3 rings (SSSR count). The maximum absolute atomic E-state index is 14.1. The number of carboxylic acids is 1. The van der Waals surface area contributed by atoms with Crippen molar-refractivity contribution in [3.63, 3.8) is 0 Å². The Morgan fingerprint density at radius 2 is 1.91 bits per heavy atom. The third-order valence-corrected chi connectivity index (χ3v) is 7.66. The molecule has 1 atom stereocenters. The number of thioether (sulfide) groups is 1. The van der Waals surface area contributed by atoms with Gasteiger partial charge in [-0.25, -0.2) is 4.79 Å². The predicted molar refractivity (Wildman–Crippen MR) is 129 cm³/mol. The summed E-state index contributed by atoms with van der Waals surface area (Å²) in [6, 6.07) is 12.9. The first kappa shape index (κ1) is 24.2. The van der Waals surface area contributed by atoms with Crippen LogP contribution in [-0.4, -0.2) is 35.0 Å². The van der Waals surface area contributed by atoms with Crippen molar-refractivity contribution >= 4 is 51.9 Å². The van der Waals surface area contributed by atoms with Gasteiger partial charge in [0.05, 0.1) is 10.6 Å². The van der Waals surface area contributed by atoms with Crippen LogP contribution in [0.3, 0.4) is 0 Å². The summed E-state index contributed by atoms with van der Waals surface area (Å²) in [5, 5.41) is 8.91. The number of carbonyl (C=O) groups excluding carboxylic acids is 2. The Morgan fingerprint density at radius 1 is 1.19 bits per heavy atom. The molecule has 1 aliphatic rings. The lowest BCUT2D eigenvalue weighted by Gasteiger charge is -2.33. The summed E-state index contributed by atoms with van der Waals surface area (Å²) in [4.78, 5) is 41.7. The van der Waals surface area contributed by atoms with Gasteiger partial charge in [0.25, 0.3) is 0 Å². The van der Waals surface area contributed by atoms with Gasteiger partial charge in [0.1, 0.15) is 11.2 Å². The minimum atomic E-state index is -1.10. The molecule has 1 N–H and O–H groups in total. The Morgan fingerprint density at radius 3 is 2.50 bits per heavy atom. The number of carboxylic acid groups (broad SMARTS) is 1. The molecule has 0 aromatic heterocycles. The number of amides is 1. The van der Waals surface area contributed by atoms with E-state index >= 15 is 0 Å². The average Bonchev–Trinajstić information content (AvgIpc) is 2.88. The predicted octanol–water partition coefficient (Wildman–Crippen LogP) is 5.49. The molecule has 0 saturated heterocycles. The van der Waals surface area contributed by atoms with Crippen molar-refractivity contribution in [2.24, 2.45) is 5.41 Å². The molecule has 171 valence electrons. The Bertz CT molecular complexity index is 1010. The maximum atomic E-state index is 14.1. The minimum Gasteiger partial charge on any atom is -0.481 e. The zero-order chi connectivity index (χ0) is 23.3. The standard InChI is InChI=1S/C24H28NO5S2/c1-4-6-12-24(5-2)22(28)25(16-10-8-7-9-11-16)17-13-20(31-3)18(30-15-21(26)27)14-19(17)32-23(24)29/h7-11,13-14,32H,4-6,12,15H2,1-3H3,(H,26,27). The van der Waals surface area contributed by atoms with Gasteiger partial charge < -0.3 is 9.84 Å². The van der Waals surface area contributed by atoms with Crippen LogP contribution in [0.4, 0.5) is 11.4 Å². The van der Waals surface area contributed by atoms with Gasteiger partial charge in [-0.05, 0) is 43.4 Å². The van der Waals surface area contributed by atoms with E-state index in [-0.39, 0.29) is 11.0 Å². The Hall–Kier alpha value is -2.45. The van der Waals surface area contributed by atoms with E-state index in [9.17, 15) is 14.4 Å². The van der Waals surface area contributed by atoms with Crippen LogP contribution >= 0.6 is 23.5 Å². The van der Waals surface area contributed by atoms with Crippen LogP contribution in [0.1, 0.15) is 39.5 Å². The van der Waals surface area contributed by atoms with Crippen molar-refractivity contribution in [2.75, 3.05) is 17.8 Å². The molecular weight excluding hydrogens is 446 g/mol. The number of hydrogen-bond acceptors (Lipinski definition) is 5. The van der Waals surface area contributed by atoms with E-state index in [1.807, 2.05) is 56.5 Å². The fourth-order valence-corrected chi connectivity index (χ4v) is 5.66. The highest BCUT2D eigenvalue weighted by atomic mass is 32.2. The van der Waals surface area contributed by atoms with Crippen molar-refractivity contribution in [1.82, 2.24) is 0 Å². The number of ether oxygens (including phenoxy) is 1. The molecule has 1 unspecified atom stereocenters. The van der Waals surface area contributed by atoms with Crippen LogP contribution in [0.15, 0.2) is 52.3 Å². The summed E-state index contributed by atoms with van der Waals surface area (Å²) in [6.07, 6.45) is 4.46. The van der Waals surface area contributed by atoms with E-state index in [2.05, 4.69) is 0 Å². The number of carbonyl (C=O) groups is 3. The summed E-state index contributed by atoms with van der Waals surface area (Å²) in [5.41, 5.74) is 0.230. The average molecular weight is 475 g/mol. The lowest BCUT2D eigenvalue weighted by molar-refractivity contribution is -0.139. The number of fused-ring (bicyclic) bond motifs is 1. The topological polar surface area (TPSA) is 83.9 Å². The highest BCUT2D eigenvalue weighted by molar-refractivity contribution is 8.14. The zero-order valence-corrected chi connectivity index (χ0v) is 20.2. The fraction of sp³-hybridized carbons (Fsp3) is 0.375. The fourth-order valence-electron chi connectivity index (χ4n) is 3.86. The quantitative estimate of drug-likeness (QED) is 0.284. The Kier molecular flexibility index (Phi) is 7.90. The summed E-state index contributed by atoms with van der Waals surface area (Å²) >= 11 is 1.82. The first-order valence-electron chi connectivity index (χ1n) is 10.6. The van der Waals surface area contributed by atoms with E-state index in [4.69, 9.17) is 9.84 Å². The molecule has 2 aromatic rings. The molecule has 1 amide bonds. The number of unbranched alkanes of at least 4 members (excludes halogenated alkanes) is 1. The number of nitrogens with zero attached hydrogens (tertiary/aromatic N) is 1. The van der Waals surface area contributed by atoms with Crippen LogP contribution in [0.25, 0.3) is 0 Å². The monoisotopic (exact) mass is 474 g/mol. The molecule has 1 aliphatic heterocycles. The number of benzene rings is 2. The zero-order valence-electron chi connectivity index (χ0n) is 18.5. The minimum absolute atomic E-state index is 0.126. The second-order valence-corrected chi connectivity index (χ2v) is 9.57. The molecule has 0 saturated carbocycles. The van der Waals surface area contributed by atoms with Gasteiger partial charge in [-0.2, -0.15) is 0 Å². The van der Waals surface area contributed by atoms with Crippen LogP contribution in [0.2, 0.25) is 0 Å². The lowest BCUT2D eigenvalue weighted by atomic mass is 9.79. The van der Waals surface area contributed by atoms with Crippen molar-refractivity contribution in [3.8, 4) is 5.75 Å². The first-order valence-corrected chi connectivity index (χ1v) is 12.7. The molecule has 1 heterocycles. The number of hydrogen-bond donors (Lipinski definition) is 2. The van der Waals surface area contributed by atoms with Gasteiger partial charge in [-0.3, -0.25) is 14.5 Å². The van der Waals surface area contributed by atoms with Gasteiger partial charge >= 0.3 is 5.97 Å². The van der Waals surface area contributed by atoms with Gasteiger partial charge in [0, 0.05) is 10.6 Å². The van der Waals surface area contributed by atoms with Crippen LogP contribution in [0, 0.1) is 5.41 Å². The molecule has 0 fully saturated rings. The molecule has 0 spiro atoms. The van der Waals surface area contributed by atoms with E-state index < -0.39 is 18.0 Å². The van der Waals surface area contributed by atoms with Gasteiger partial charge in [-0.15, -0.1) is 23.5 Å².